The Balaban J connectivity index is 1.31. The Morgan fingerprint density at radius 3 is 2.56 bits per heavy atom. The topological polar surface area (TPSA) is 88.6 Å². The molecule has 3 heterocycles. The molecule has 2 aromatic carbocycles. The van der Waals surface area contributed by atoms with E-state index in [0.29, 0.717) is 28.5 Å². The van der Waals surface area contributed by atoms with Gasteiger partial charge >= 0.3 is 6.61 Å². The third kappa shape index (κ3) is 4.66. The van der Waals surface area contributed by atoms with Crippen molar-refractivity contribution in [1.29, 1.82) is 0 Å². The van der Waals surface area contributed by atoms with Gasteiger partial charge < -0.3 is 23.2 Å². The molecule has 36 heavy (non-hydrogen) atoms. The van der Waals surface area contributed by atoms with Gasteiger partial charge in [-0.05, 0) is 69.3 Å². The SMILES string of the molecule is Cc1cc(C(=O)[C@@H](C)Sc2nnc(-c3ccc4c(c3)OCO4)o2)c(C)n1-c1ccc(OC(F)F)cc1. The molecule has 4 aromatic rings. The van der Waals surface area contributed by atoms with Crippen LogP contribution < -0.4 is 14.2 Å². The summed E-state index contributed by atoms with van der Waals surface area (Å²) < 4.78 is 47.7. The zero-order valence-electron chi connectivity index (χ0n) is 19.5. The number of nitrogens with zero attached hydrogens (tertiary/aromatic N) is 3. The van der Waals surface area contributed by atoms with Crippen molar-refractivity contribution in [1.82, 2.24) is 14.8 Å². The molecular weight excluding hydrogens is 492 g/mol. The van der Waals surface area contributed by atoms with Gasteiger partial charge in [0.15, 0.2) is 17.3 Å². The van der Waals surface area contributed by atoms with Crippen molar-refractivity contribution in [3.63, 3.8) is 0 Å². The van der Waals surface area contributed by atoms with Gasteiger partial charge in [0.25, 0.3) is 5.22 Å². The van der Waals surface area contributed by atoms with Crippen molar-refractivity contribution in [2.24, 2.45) is 0 Å². The molecule has 1 aliphatic rings. The number of aryl methyl sites for hydroxylation is 1. The first-order chi connectivity index (χ1) is 17.3. The van der Waals surface area contributed by atoms with Gasteiger partial charge in [-0.1, -0.05) is 11.8 Å². The molecule has 0 saturated heterocycles. The van der Waals surface area contributed by atoms with Crippen molar-refractivity contribution in [3.8, 4) is 34.4 Å². The number of thioether (sulfide) groups is 1. The Kier molecular flexibility index (Phi) is 6.40. The Morgan fingerprint density at radius 2 is 1.81 bits per heavy atom. The van der Waals surface area contributed by atoms with Gasteiger partial charge in [0, 0.05) is 28.2 Å². The van der Waals surface area contributed by atoms with Gasteiger partial charge in [-0.2, -0.15) is 8.78 Å². The normalized spacial score (nSPS) is 13.3. The lowest BCUT2D eigenvalue weighted by Gasteiger charge is -2.12. The second-order valence-corrected chi connectivity index (χ2v) is 9.35. The minimum atomic E-state index is -2.89. The number of fused-ring (bicyclic) bond motifs is 1. The second-order valence-electron chi connectivity index (χ2n) is 8.06. The maximum Gasteiger partial charge on any atom is 0.387 e. The van der Waals surface area contributed by atoms with Crippen LogP contribution >= 0.6 is 11.8 Å². The summed E-state index contributed by atoms with van der Waals surface area (Å²) in [7, 11) is 0. The number of halogens is 2. The van der Waals surface area contributed by atoms with Crippen LogP contribution in [0.4, 0.5) is 8.78 Å². The quantitative estimate of drug-likeness (QED) is 0.215. The molecule has 0 bridgehead atoms. The molecule has 11 heteroatoms. The minimum Gasteiger partial charge on any atom is -0.454 e. The summed E-state index contributed by atoms with van der Waals surface area (Å²) in [5.41, 5.74) is 3.54. The van der Waals surface area contributed by atoms with Gasteiger partial charge in [0.1, 0.15) is 5.75 Å². The molecule has 0 spiro atoms. The molecule has 5 rings (SSSR count). The summed E-state index contributed by atoms with van der Waals surface area (Å²) in [4.78, 5) is 13.3. The number of alkyl halides is 2. The summed E-state index contributed by atoms with van der Waals surface area (Å²) in [6.07, 6.45) is 0. The summed E-state index contributed by atoms with van der Waals surface area (Å²) in [6.45, 7) is 2.77. The molecule has 0 aliphatic carbocycles. The van der Waals surface area contributed by atoms with Gasteiger partial charge in [-0.15, -0.1) is 10.2 Å². The first-order valence-electron chi connectivity index (χ1n) is 11.0. The van der Waals surface area contributed by atoms with E-state index in [2.05, 4.69) is 14.9 Å². The van der Waals surface area contributed by atoms with E-state index in [1.165, 1.54) is 23.9 Å². The smallest absolute Gasteiger partial charge is 0.387 e. The maximum atomic E-state index is 13.3. The van der Waals surface area contributed by atoms with Crippen LogP contribution in [0.3, 0.4) is 0 Å². The van der Waals surface area contributed by atoms with E-state index >= 15 is 0 Å². The first kappa shape index (κ1) is 23.9. The number of aromatic nitrogens is 3. The van der Waals surface area contributed by atoms with E-state index in [1.54, 1.807) is 37.3 Å². The molecule has 0 saturated carbocycles. The highest BCUT2D eigenvalue weighted by Crippen LogP contribution is 2.36. The number of ketones is 1. The number of Topliss-reactive ketones (excluding diaryl/α,β-unsaturated/α-hetero) is 1. The number of rotatable bonds is 8. The van der Waals surface area contributed by atoms with Gasteiger partial charge in [-0.25, -0.2) is 0 Å². The van der Waals surface area contributed by atoms with Crippen LogP contribution in [0.1, 0.15) is 28.7 Å². The molecule has 8 nitrogen and oxygen atoms in total. The number of benzene rings is 2. The van der Waals surface area contributed by atoms with Crippen LogP contribution in [-0.2, 0) is 0 Å². The average molecular weight is 514 g/mol. The largest absolute Gasteiger partial charge is 0.454 e. The standard InChI is InChI=1S/C25H21F2N3O5S/c1-13-10-19(14(2)30(13)17-5-7-18(8-6-17)34-24(26)27)22(31)15(3)36-25-29-28-23(35-25)16-4-9-20-21(11-16)33-12-32-20/h4-11,15,24H,12H2,1-3H3/t15-/m1/s1. The number of carbonyl (C=O) groups is 1. The number of carbonyl (C=O) groups excluding carboxylic acids is 1. The van der Waals surface area contributed by atoms with Crippen LogP contribution in [0.15, 0.2) is 58.2 Å². The van der Waals surface area contributed by atoms with Gasteiger partial charge in [0.05, 0.1) is 5.25 Å². The number of hydrogen-bond donors (Lipinski definition) is 0. The fraction of sp³-hybridized carbons (Fsp3) is 0.240. The second kappa shape index (κ2) is 9.65. The third-order valence-electron chi connectivity index (χ3n) is 5.69. The molecule has 0 fully saturated rings. The molecule has 0 unspecified atom stereocenters. The monoisotopic (exact) mass is 513 g/mol. The van der Waals surface area contributed by atoms with Gasteiger partial charge in [0.2, 0.25) is 12.7 Å². The molecular formula is C25H21F2N3O5S. The lowest BCUT2D eigenvalue weighted by atomic mass is 10.1. The Labute approximate surface area is 209 Å². The molecule has 0 N–H and O–H groups in total. The highest BCUT2D eigenvalue weighted by atomic mass is 32.2. The van der Waals surface area contributed by atoms with E-state index in [0.717, 1.165) is 17.1 Å². The van der Waals surface area contributed by atoms with Crippen molar-refractivity contribution in [3.05, 3.63) is 65.5 Å². The lowest BCUT2D eigenvalue weighted by Crippen LogP contribution is -2.14. The zero-order chi connectivity index (χ0) is 25.4. The number of ether oxygens (including phenoxy) is 3. The zero-order valence-corrected chi connectivity index (χ0v) is 20.3. The highest BCUT2D eigenvalue weighted by Gasteiger charge is 2.25. The maximum absolute atomic E-state index is 13.3. The predicted molar refractivity (Wildman–Crippen MR) is 127 cm³/mol. The van der Waals surface area contributed by atoms with Crippen LogP contribution in [-0.4, -0.2) is 39.2 Å². The van der Waals surface area contributed by atoms with Crippen molar-refractivity contribution in [2.75, 3.05) is 6.79 Å². The Morgan fingerprint density at radius 1 is 1.06 bits per heavy atom. The van der Waals surface area contributed by atoms with E-state index < -0.39 is 11.9 Å². The molecule has 1 aliphatic heterocycles. The molecule has 0 radical (unpaired) electrons. The van der Waals surface area contributed by atoms with Gasteiger partial charge in [-0.3, -0.25) is 4.79 Å². The summed E-state index contributed by atoms with van der Waals surface area (Å²) in [5, 5.41) is 7.94. The van der Waals surface area contributed by atoms with Crippen LogP contribution in [0.2, 0.25) is 0 Å². The van der Waals surface area contributed by atoms with E-state index in [-0.39, 0.29) is 23.5 Å². The minimum absolute atomic E-state index is 0.0669. The summed E-state index contributed by atoms with van der Waals surface area (Å²) in [5.74, 6) is 1.54. The van der Waals surface area contributed by atoms with Crippen molar-refractivity contribution >= 4 is 17.5 Å². The summed E-state index contributed by atoms with van der Waals surface area (Å²) >= 11 is 1.17. The average Bonchev–Trinajstić information content (AvgIpc) is 3.57. The first-order valence-corrected chi connectivity index (χ1v) is 11.9. The molecule has 186 valence electrons. The fourth-order valence-electron chi connectivity index (χ4n) is 4.01. The molecule has 1 atom stereocenters. The Bertz CT molecular complexity index is 1420. The van der Waals surface area contributed by atoms with Crippen LogP contribution in [0, 0.1) is 13.8 Å². The molecule has 0 amide bonds. The van der Waals surface area contributed by atoms with Crippen LogP contribution in [0.5, 0.6) is 17.2 Å². The van der Waals surface area contributed by atoms with E-state index in [9.17, 15) is 13.6 Å². The van der Waals surface area contributed by atoms with Crippen LogP contribution in [0.25, 0.3) is 17.1 Å². The fourth-order valence-corrected chi connectivity index (χ4v) is 4.77. The van der Waals surface area contributed by atoms with Crippen molar-refractivity contribution < 1.29 is 32.2 Å². The Hall–Kier alpha value is -3.86. The highest BCUT2D eigenvalue weighted by molar-refractivity contribution is 8.00. The third-order valence-corrected chi connectivity index (χ3v) is 6.62. The number of hydrogen-bond acceptors (Lipinski definition) is 8. The van der Waals surface area contributed by atoms with E-state index in [4.69, 9.17) is 13.9 Å². The van der Waals surface area contributed by atoms with Crippen molar-refractivity contribution in [2.45, 2.75) is 37.9 Å². The predicted octanol–water partition coefficient (Wildman–Crippen LogP) is 5.84. The molecule has 2 aromatic heterocycles. The lowest BCUT2D eigenvalue weighted by molar-refractivity contribution is -0.0498. The summed E-state index contributed by atoms with van der Waals surface area (Å²) in [6, 6.07) is 13.4. The van der Waals surface area contributed by atoms with E-state index in [1.807, 2.05) is 24.5 Å².